The number of benzene rings is 3. The molecular formula is C24H23NO3. The highest BCUT2D eigenvalue weighted by atomic mass is 16.4. The van der Waals surface area contributed by atoms with Gasteiger partial charge in [0.25, 0.3) is 0 Å². The molecule has 3 aromatic rings. The highest BCUT2D eigenvalue weighted by molar-refractivity contribution is 5.98. The number of carboxylic acid groups (broad SMARTS) is 1. The minimum absolute atomic E-state index is 0.00377. The van der Waals surface area contributed by atoms with Crippen LogP contribution in [0.5, 0.6) is 0 Å². The second-order valence-electron chi connectivity index (χ2n) is 7.53. The predicted molar refractivity (Wildman–Crippen MR) is 110 cm³/mol. The summed E-state index contributed by atoms with van der Waals surface area (Å²) in [4.78, 5) is 26.1. The fraction of sp³-hybridized carbons (Fsp3) is 0.250. The Hall–Kier alpha value is -3.14. The maximum absolute atomic E-state index is 12.5. The first kappa shape index (κ1) is 18.2. The highest BCUT2D eigenvalue weighted by Crippen LogP contribution is 2.31. The van der Waals surface area contributed by atoms with E-state index in [0.717, 1.165) is 33.9 Å². The van der Waals surface area contributed by atoms with E-state index >= 15 is 0 Å². The van der Waals surface area contributed by atoms with E-state index in [1.807, 2.05) is 73.7 Å². The van der Waals surface area contributed by atoms with Gasteiger partial charge in [0.15, 0.2) is 5.78 Å². The number of rotatable bonds is 4. The van der Waals surface area contributed by atoms with Crippen molar-refractivity contribution in [3.63, 3.8) is 0 Å². The second-order valence-corrected chi connectivity index (χ2v) is 7.53. The van der Waals surface area contributed by atoms with Crippen molar-refractivity contribution in [2.75, 3.05) is 6.54 Å². The largest absolute Gasteiger partial charge is 0.465 e. The molecule has 4 nitrogen and oxygen atoms in total. The maximum atomic E-state index is 12.5. The van der Waals surface area contributed by atoms with Gasteiger partial charge in [-0.25, -0.2) is 4.79 Å². The van der Waals surface area contributed by atoms with Crippen molar-refractivity contribution in [1.29, 1.82) is 0 Å². The molecule has 1 aliphatic carbocycles. The lowest BCUT2D eigenvalue weighted by atomic mass is 9.82. The van der Waals surface area contributed by atoms with E-state index in [2.05, 4.69) is 0 Å². The van der Waals surface area contributed by atoms with Gasteiger partial charge in [0.05, 0.1) is 6.04 Å². The average molecular weight is 373 g/mol. The smallest absolute Gasteiger partial charge is 0.407 e. The Kier molecular flexibility index (Phi) is 4.86. The highest BCUT2D eigenvalue weighted by Gasteiger charge is 2.30. The summed E-state index contributed by atoms with van der Waals surface area (Å²) < 4.78 is 0. The SMILES string of the molecule is C[C@H](c1cccc2ccccc12)N(CC1CC(=O)c2ccccc2C1)C(=O)O. The first-order valence-electron chi connectivity index (χ1n) is 9.63. The van der Waals surface area contributed by atoms with Crippen LogP contribution in [0, 0.1) is 5.92 Å². The molecular weight excluding hydrogens is 350 g/mol. The molecule has 0 bridgehead atoms. The molecule has 2 atom stereocenters. The standard InChI is InChI=1S/C24H23NO3/c1-16(20-12-6-9-18-7-2-4-10-21(18)20)25(24(27)28)15-17-13-19-8-3-5-11-22(19)23(26)14-17/h2-12,16-17H,13-15H2,1H3,(H,27,28)/t16-,17?/m1/s1. The van der Waals surface area contributed by atoms with E-state index in [1.54, 1.807) is 0 Å². The van der Waals surface area contributed by atoms with Crippen LogP contribution in [0.25, 0.3) is 10.8 Å². The van der Waals surface area contributed by atoms with Crippen LogP contribution in [-0.4, -0.2) is 28.4 Å². The van der Waals surface area contributed by atoms with Crippen molar-refractivity contribution in [3.8, 4) is 0 Å². The molecule has 28 heavy (non-hydrogen) atoms. The molecule has 3 aromatic carbocycles. The minimum Gasteiger partial charge on any atom is -0.465 e. The van der Waals surface area contributed by atoms with Crippen LogP contribution in [0.3, 0.4) is 0 Å². The first-order chi connectivity index (χ1) is 13.5. The predicted octanol–water partition coefficient (Wildman–Crippen LogP) is 5.33. The monoisotopic (exact) mass is 373 g/mol. The summed E-state index contributed by atoms with van der Waals surface area (Å²) in [6.07, 6.45) is 0.170. The van der Waals surface area contributed by atoms with Crippen LogP contribution >= 0.6 is 0 Å². The van der Waals surface area contributed by atoms with Crippen LogP contribution in [0.4, 0.5) is 4.79 Å². The van der Waals surface area contributed by atoms with E-state index < -0.39 is 6.09 Å². The van der Waals surface area contributed by atoms with Gasteiger partial charge < -0.3 is 10.0 Å². The van der Waals surface area contributed by atoms with Gasteiger partial charge in [-0.2, -0.15) is 0 Å². The minimum atomic E-state index is -0.952. The Balaban J connectivity index is 1.61. The van der Waals surface area contributed by atoms with Crippen molar-refractivity contribution < 1.29 is 14.7 Å². The van der Waals surface area contributed by atoms with Crippen molar-refractivity contribution in [3.05, 3.63) is 83.4 Å². The van der Waals surface area contributed by atoms with E-state index in [0.29, 0.717) is 13.0 Å². The maximum Gasteiger partial charge on any atom is 0.407 e. The number of carbonyl (C=O) groups excluding carboxylic acids is 1. The number of ketones is 1. The van der Waals surface area contributed by atoms with Crippen LogP contribution in [0.15, 0.2) is 66.7 Å². The van der Waals surface area contributed by atoms with Crippen LogP contribution in [0.2, 0.25) is 0 Å². The van der Waals surface area contributed by atoms with E-state index in [9.17, 15) is 14.7 Å². The summed E-state index contributed by atoms with van der Waals surface area (Å²) in [6, 6.07) is 21.4. The van der Waals surface area contributed by atoms with Gasteiger partial charge >= 0.3 is 6.09 Å². The van der Waals surface area contributed by atoms with Gasteiger partial charge in [-0.1, -0.05) is 66.7 Å². The van der Waals surface area contributed by atoms with E-state index in [1.165, 1.54) is 4.90 Å². The summed E-state index contributed by atoms with van der Waals surface area (Å²) in [5, 5.41) is 12.1. The van der Waals surface area contributed by atoms with E-state index in [4.69, 9.17) is 0 Å². The number of fused-ring (bicyclic) bond motifs is 2. The second kappa shape index (κ2) is 7.47. The van der Waals surface area contributed by atoms with Crippen LogP contribution in [0.1, 0.15) is 40.9 Å². The van der Waals surface area contributed by atoms with Gasteiger partial charge in [0, 0.05) is 18.5 Å². The van der Waals surface area contributed by atoms with Gasteiger partial charge in [-0.15, -0.1) is 0 Å². The Morgan fingerprint density at radius 1 is 1.04 bits per heavy atom. The molecule has 1 amide bonds. The van der Waals surface area contributed by atoms with Crippen LogP contribution < -0.4 is 0 Å². The van der Waals surface area contributed by atoms with Gasteiger partial charge in [-0.3, -0.25) is 4.79 Å². The molecule has 0 spiro atoms. The molecule has 4 rings (SSSR count). The number of amides is 1. The number of nitrogens with zero attached hydrogens (tertiary/aromatic N) is 1. The molecule has 0 radical (unpaired) electrons. The third-order valence-corrected chi connectivity index (χ3v) is 5.74. The van der Waals surface area contributed by atoms with Crippen molar-refractivity contribution in [2.45, 2.75) is 25.8 Å². The third kappa shape index (κ3) is 3.38. The average Bonchev–Trinajstić information content (AvgIpc) is 2.71. The molecule has 1 N–H and O–H groups in total. The summed E-state index contributed by atoms with van der Waals surface area (Å²) in [5.41, 5.74) is 2.79. The van der Waals surface area contributed by atoms with Gasteiger partial charge in [0.2, 0.25) is 0 Å². The summed E-state index contributed by atoms with van der Waals surface area (Å²) in [5.74, 6) is 0.103. The first-order valence-corrected chi connectivity index (χ1v) is 9.63. The Morgan fingerprint density at radius 2 is 1.75 bits per heavy atom. The molecule has 1 aliphatic rings. The van der Waals surface area contributed by atoms with Crippen molar-refractivity contribution in [2.24, 2.45) is 5.92 Å². The van der Waals surface area contributed by atoms with Gasteiger partial charge in [0.1, 0.15) is 0 Å². The number of carbonyl (C=O) groups is 2. The normalized spacial score (nSPS) is 17.2. The van der Waals surface area contributed by atoms with E-state index in [-0.39, 0.29) is 17.7 Å². The number of Topliss-reactive ketones (excluding diaryl/α,β-unsaturated/α-hetero) is 1. The zero-order chi connectivity index (χ0) is 19.7. The number of hydrogen-bond donors (Lipinski definition) is 1. The Morgan fingerprint density at radius 3 is 2.57 bits per heavy atom. The topological polar surface area (TPSA) is 57.6 Å². The quantitative estimate of drug-likeness (QED) is 0.673. The molecule has 0 saturated heterocycles. The summed E-state index contributed by atoms with van der Waals surface area (Å²) in [6.45, 7) is 2.27. The zero-order valence-corrected chi connectivity index (χ0v) is 15.8. The van der Waals surface area contributed by atoms with Crippen LogP contribution in [-0.2, 0) is 6.42 Å². The molecule has 142 valence electrons. The molecule has 0 heterocycles. The lowest BCUT2D eigenvalue weighted by Gasteiger charge is -2.33. The van der Waals surface area contributed by atoms with Gasteiger partial charge in [-0.05, 0) is 41.2 Å². The molecule has 4 heteroatoms. The molecule has 0 aromatic heterocycles. The molecule has 0 saturated carbocycles. The fourth-order valence-corrected chi connectivity index (χ4v) is 4.32. The lowest BCUT2D eigenvalue weighted by Crippen LogP contribution is -2.39. The number of hydrogen-bond acceptors (Lipinski definition) is 2. The fourth-order valence-electron chi connectivity index (χ4n) is 4.32. The molecule has 0 fully saturated rings. The third-order valence-electron chi connectivity index (χ3n) is 5.74. The van der Waals surface area contributed by atoms with Crippen molar-refractivity contribution in [1.82, 2.24) is 4.90 Å². The zero-order valence-electron chi connectivity index (χ0n) is 15.8. The Labute approximate surface area is 164 Å². The molecule has 1 unspecified atom stereocenters. The Bertz CT molecular complexity index is 1040. The summed E-state index contributed by atoms with van der Waals surface area (Å²) in [7, 11) is 0. The lowest BCUT2D eigenvalue weighted by molar-refractivity contribution is 0.0894. The summed E-state index contributed by atoms with van der Waals surface area (Å²) >= 11 is 0. The van der Waals surface area contributed by atoms with Crippen molar-refractivity contribution >= 4 is 22.6 Å². The molecule has 0 aliphatic heterocycles.